The number of fused-ring (bicyclic) bond motifs is 2. The minimum Gasteiger partial charge on any atom is -0.489 e. The van der Waals surface area contributed by atoms with Crippen molar-refractivity contribution in [2.45, 2.75) is 30.8 Å². The van der Waals surface area contributed by atoms with Crippen LogP contribution in [0.1, 0.15) is 34.3 Å². The van der Waals surface area contributed by atoms with Crippen molar-refractivity contribution in [1.29, 1.82) is 0 Å². The zero-order valence-corrected chi connectivity index (χ0v) is 13.9. The lowest BCUT2D eigenvalue weighted by Crippen LogP contribution is -2.30. The van der Waals surface area contributed by atoms with Crippen LogP contribution in [0.3, 0.4) is 0 Å². The molecule has 1 amide bonds. The van der Waals surface area contributed by atoms with Crippen LogP contribution in [-0.4, -0.2) is 12.0 Å². The molecule has 3 aromatic rings. The highest BCUT2D eigenvalue weighted by molar-refractivity contribution is 5.93. The molecule has 2 N–H and O–H groups in total. The van der Waals surface area contributed by atoms with Gasteiger partial charge in [0, 0.05) is 17.4 Å². The quantitative estimate of drug-likeness (QED) is 0.790. The SMILES string of the molecule is NC(=O)c1ccc2c(c1)OC(C1(c3cccc4ccccc34)CC1)C2. The molecule has 3 nitrogen and oxygen atoms in total. The monoisotopic (exact) mass is 329 g/mol. The Morgan fingerprint density at radius 2 is 1.84 bits per heavy atom. The summed E-state index contributed by atoms with van der Waals surface area (Å²) in [5.41, 5.74) is 8.54. The Hall–Kier alpha value is -2.81. The maximum Gasteiger partial charge on any atom is 0.248 e. The molecule has 1 heterocycles. The summed E-state index contributed by atoms with van der Waals surface area (Å²) in [6.07, 6.45) is 3.29. The zero-order valence-electron chi connectivity index (χ0n) is 13.9. The van der Waals surface area contributed by atoms with E-state index in [1.165, 1.54) is 21.9 Å². The second-order valence-corrected chi connectivity index (χ2v) is 7.18. The maximum absolute atomic E-state index is 11.4. The van der Waals surface area contributed by atoms with Gasteiger partial charge in [0.2, 0.25) is 5.91 Å². The van der Waals surface area contributed by atoms with Crippen molar-refractivity contribution >= 4 is 16.7 Å². The number of amides is 1. The van der Waals surface area contributed by atoms with E-state index < -0.39 is 5.91 Å². The number of hydrogen-bond acceptors (Lipinski definition) is 2. The van der Waals surface area contributed by atoms with Gasteiger partial charge in [-0.1, -0.05) is 48.5 Å². The van der Waals surface area contributed by atoms with Crippen LogP contribution in [0.25, 0.3) is 10.8 Å². The predicted molar refractivity (Wildman–Crippen MR) is 97.9 cm³/mol. The Balaban J connectivity index is 1.54. The molecular formula is C22H19NO2. The Morgan fingerprint density at radius 3 is 2.64 bits per heavy atom. The molecule has 0 bridgehead atoms. The predicted octanol–water partition coefficient (Wildman–Crippen LogP) is 3.97. The van der Waals surface area contributed by atoms with E-state index in [4.69, 9.17) is 10.5 Å². The lowest BCUT2D eigenvalue weighted by atomic mass is 9.84. The lowest BCUT2D eigenvalue weighted by molar-refractivity contribution is 0.0999. The number of benzene rings is 3. The Labute approximate surface area is 146 Å². The number of ether oxygens (including phenoxy) is 1. The maximum atomic E-state index is 11.4. The van der Waals surface area contributed by atoms with Gasteiger partial charge in [-0.2, -0.15) is 0 Å². The molecule has 0 radical (unpaired) electrons. The Morgan fingerprint density at radius 1 is 1.04 bits per heavy atom. The molecule has 1 aliphatic heterocycles. The fraction of sp³-hybridized carbons (Fsp3) is 0.227. The van der Waals surface area contributed by atoms with Gasteiger partial charge in [0.25, 0.3) is 0 Å². The minimum absolute atomic E-state index is 0.0762. The van der Waals surface area contributed by atoms with Crippen LogP contribution >= 0.6 is 0 Å². The number of hydrogen-bond donors (Lipinski definition) is 1. The summed E-state index contributed by atoms with van der Waals surface area (Å²) >= 11 is 0. The van der Waals surface area contributed by atoms with Crippen molar-refractivity contribution < 1.29 is 9.53 Å². The number of carbonyl (C=O) groups excluding carboxylic acids is 1. The van der Waals surface area contributed by atoms with E-state index in [1.807, 2.05) is 6.07 Å². The molecule has 5 rings (SSSR count). The zero-order chi connectivity index (χ0) is 17.0. The summed E-state index contributed by atoms with van der Waals surface area (Å²) in [4.78, 5) is 11.4. The van der Waals surface area contributed by atoms with Crippen LogP contribution in [-0.2, 0) is 11.8 Å². The topological polar surface area (TPSA) is 52.3 Å². The molecule has 1 fully saturated rings. The molecule has 1 atom stereocenters. The van der Waals surface area contributed by atoms with Gasteiger partial charge in [-0.3, -0.25) is 4.79 Å². The molecule has 3 heteroatoms. The van der Waals surface area contributed by atoms with Crippen molar-refractivity contribution in [2.75, 3.05) is 0 Å². The third-order valence-corrected chi connectivity index (χ3v) is 5.76. The smallest absolute Gasteiger partial charge is 0.248 e. The minimum atomic E-state index is -0.412. The normalized spacial score (nSPS) is 20.1. The summed E-state index contributed by atoms with van der Waals surface area (Å²) in [7, 11) is 0. The molecule has 1 saturated carbocycles. The van der Waals surface area contributed by atoms with Gasteiger partial charge < -0.3 is 10.5 Å². The molecule has 0 saturated heterocycles. The average molecular weight is 329 g/mol. The molecule has 25 heavy (non-hydrogen) atoms. The third kappa shape index (κ3) is 2.15. The van der Waals surface area contributed by atoms with E-state index in [0.717, 1.165) is 25.0 Å². The first-order valence-electron chi connectivity index (χ1n) is 8.75. The van der Waals surface area contributed by atoms with Gasteiger partial charge in [0.15, 0.2) is 0 Å². The van der Waals surface area contributed by atoms with Gasteiger partial charge >= 0.3 is 0 Å². The molecule has 124 valence electrons. The van der Waals surface area contributed by atoms with Gasteiger partial charge in [-0.05, 0) is 46.9 Å². The van der Waals surface area contributed by atoms with Crippen LogP contribution in [0.5, 0.6) is 5.75 Å². The lowest BCUT2D eigenvalue weighted by Gasteiger charge is -2.24. The van der Waals surface area contributed by atoms with E-state index in [2.05, 4.69) is 42.5 Å². The molecule has 3 aromatic carbocycles. The number of carbonyl (C=O) groups is 1. The first-order chi connectivity index (χ1) is 12.2. The molecular weight excluding hydrogens is 310 g/mol. The van der Waals surface area contributed by atoms with Crippen LogP contribution < -0.4 is 10.5 Å². The van der Waals surface area contributed by atoms with Gasteiger partial charge in [-0.25, -0.2) is 0 Å². The van der Waals surface area contributed by atoms with Crippen LogP contribution in [0.15, 0.2) is 60.7 Å². The Bertz CT molecular complexity index is 999. The van der Waals surface area contributed by atoms with Gasteiger partial charge in [0.1, 0.15) is 11.9 Å². The second-order valence-electron chi connectivity index (χ2n) is 7.18. The fourth-order valence-electron chi connectivity index (χ4n) is 4.25. The van der Waals surface area contributed by atoms with Crippen LogP contribution in [0.2, 0.25) is 0 Å². The van der Waals surface area contributed by atoms with Crippen molar-refractivity contribution in [2.24, 2.45) is 5.73 Å². The van der Waals surface area contributed by atoms with Gasteiger partial charge in [0.05, 0.1) is 0 Å². The van der Waals surface area contributed by atoms with Crippen molar-refractivity contribution in [3.63, 3.8) is 0 Å². The molecule has 1 aliphatic carbocycles. The van der Waals surface area contributed by atoms with E-state index >= 15 is 0 Å². The summed E-state index contributed by atoms with van der Waals surface area (Å²) < 4.78 is 6.32. The number of nitrogens with two attached hydrogens (primary N) is 1. The highest BCUT2D eigenvalue weighted by Gasteiger charge is 2.54. The summed E-state index contributed by atoms with van der Waals surface area (Å²) in [6.45, 7) is 0. The highest BCUT2D eigenvalue weighted by Crippen LogP contribution is 2.56. The largest absolute Gasteiger partial charge is 0.489 e. The van der Waals surface area contributed by atoms with Gasteiger partial charge in [-0.15, -0.1) is 0 Å². The molecule has 2 aliphatic rings. The standard InChI is InChI=1S/C22H19NO2/c23-21(24)16-9-8-15-13-20(25-19(15)12-16)22(10-11-22)18-7-3-5-14-4-1-2-6-17(14)18/h1-9,12,20H,10-11,13H2,(H2,23,24). The number of rotatable bonds is 3. The van der Waals surface area contributed by atoms with Crippen molar-refractivity contribution in [1.82, 2.24) is 0 Å². The van der Waals surface area contributed by atoms with E-state index in [1.54, 1.807) is 12.1 Å². The third-order valence-electron chi connectivity index (χ3n) is 5.76. The summed E-state index contributed by atoms with van der Waals surface area (Å²) in [6, 6.07) is 20.7. The van der Waals surface area contributed by atoms with E-state index in [0.29, 0.717) is 5.56 Å². The molecule has 1 unspecified atom stereocenters. The van der Waals surface area contributed by atoms with E-state index in [9.17, 15) is 4.79 Å². The van der Waals surface area contributed by atoms with Crippen molar-refractivity contribution in [3.8, 4) is 5.75 Å². The molecule has 0 spiro atoms. The molecule has 0 aromatic heterocycles. The second kappa shape index (κ2) is 5.09. The average Bonchev–Trinajstić information content (AvgIpc) is 3.33. The van der Waals surface area contributed by atoms with Crippen LogP contribution in [0.4, 0.5) is 0 Å². The summed E-state index contributed by atoms with van der Waals surface area (Å²) in [5.74, 6) is 0.401. The van der Waals surface area contributed by atoms with Crippen LogP contribution in [0, 0.1) is 0 Å². The van der Waals surface area contributed by atoms with Crippen molar-refractivity contribution in [3.05, 3.63) is 77.4 Å². The number of primary amides is 1. The highest BCUT2D eigenvalue weighted by atomic mass is 16.5. The van der Waals surface area contributed by atoms with E-state index in [-0.39, 0.29) is 11.5 Å². The summed E-state index contributed by atoms with van der Waals surface area (Å²) in [5, 5.41) is 2.60. The Kier molecular flexibility index (Phi) is 2.96. The first-order valence-corrected chi connectivity index (χ1v) is 8.75. The fourth-order valence-corrected chi connectivity index (χ4v) is 4.25. The first kappa shape index (κ1) is 14.5.